The molecule has 0 heterocycles. The van der Waals surface area contributed by atoms with Gasteiger partial charge in [-0.3, -0.25) is 10.5 Å². The van der Waals surface area contributed by atoms with Crippen LogP contribution in [0.15, 0.2) is 0 Å². The maximum absolute atomic E-state index is 7.56. The van der Waals surface area contributed by atoms with E-state index in [9.17, 15) is 0 Å². The first-order valence-electron chi connectivity index (χ1n) is 2.15. The van der Waals surface area contributed by atoms with Gasteiger partial charge >= 0.3 is 0 Å². The fourth-order valence-corrected chi connectivity index (χ4v) is 0.0236. The molecule has 0 fully saturated rings. The van der Waals surface area contributed by atoms with Crippen LogP contribution < -0.4 is 0 Å². The summed E-state index contributed by atoms with van der Waals surface area (Å²) in [6.07, 6.45) is 0. The second-order valence-corrected chi connectivity index (χ2v) is 0.321. The van der Waals surface area contributed by atoms with E-state index in [4.69, 9.17) is 20.9 Å². The van der Waals surface area contributed by atoms with Gasteiger partial charge < -0.3 is 5.11 Å². The average Bonchev–Trinajstić information content (AvgIpc) is 1.98. The molecule has 0 unspecified atom stereocenters. The fourth-order valence-electron chi connectivity index (χ4n) is 0.0236. The first-order chi connectivity index (χ1) is 4.41. The molecule has 0 bridgehead atoms. The highest BCUT2D eigenvalue weighted by atomic mass is 17.5. The molecule has 0 aromatic carbocycles. The monoisotopic (exact) mass is 144 g/mol. The van der Waals surface area contributed by atoms with Crippen LogP contribution in [0.3, 0.4) is 0 Å². The van der Waals surface area contributed by atoms with E-state index in [-0.39, 0.29) is 0 Å². The standard InChI is InChI=1S/C2H6.CH4O4.H2O2/c1-2;2-1-4-5-3;1-2/h1-2H3;2-3H,1H2;1-2H. The van der Waals surface area contributed by atoms with E-state index in [0.29, 0.717) is 0 Å². The molecular weight excluding hydrogens is 132 g/mol. The average molecular weight is 144 g/mol. The van der Waals surface area contributed by atoms with Crippen LogP contribution in [0.1, 0.15) is 13.8 Å². The van der Waals surface area contributed by atoms with Crippen LogP contribution in [-0.2, 0) is 9.93 Å². The smallest absolute Gasteiger partial charge is 0.181 e. The van der Waals surface area contributed by atoms with Crippen molar-refractivity contribution in [2.75, 3.05) is 6.79 Å². The number of hydrogen-bond acceptors (Lipinski definition) is 6. The zero-order valence-corrected chi connectivity index (χ0v) is 5.31. The van der Waals surface area contributed by atoms with Crippen LogP contribution >= 0.6 is 0 Å². The van der Waals surface area contributed by atoms with E-state index in [1.807, 2.05) is 13.8 Å². The third-order valence-electron chi connectivity index (χ3n) is 0.105. The summed E-state index contributed by atoms with van der Waals surface area (Å²) in [6.45, 7) is 3.37. The Labute approximate surface area is 52.7 Å². The van der Waals surface area contributed by atoms with Gasteiger partial charge in [-0.25, -0.2) is 5.26 Å². The molecule has 6 heteroatoms. The maximum atomic E-state index is 7.56. The van der Waals surface area contributed by atoms with Gasteiger partial charge in [-0.1, -0.05) is 18.9 Å². The lowest BCUT2D eigenvalue weighted by Crippen LogP contribution is -1.88. The SMILES string of the molecule is CC.OCOOO.OO. The highest BCUT2D eigenvalue weighted by molar-refractivity contribution is 3.60. The molecular formula is C3H12O6. The Hall–Kier alpha value is -0.240. The van der Waals surface area contributed by atoms with E-state index < -0.39 is 6.79 Å². The van der Waals surface area contributed by atoms with Crippen LogP contribution in [-0.4, -0.2) is 27.7 Å². The number of aliphatic hydroxyl groups excluding tert-OH is 1. The van der Waals surface area contributed by atoms with Crippen molar-refractivity contribution in [2.24, 2.45) is 0 Å². The zero-order chi connectivity index (χ0) is 8.12. The molecule has 0 aliphatic rings. The van der Waals surface area contributed by atoms with Crippen LogP contribution in [0.2, 0.25) is 0 Å². The third-order valence-corrected chi connectivity index (χ3v) is 0.105. The highest BCUT2D eigenvalue weighted by Crippen LogP contribution is 1.60. The molecule has 6 nitrogen and oxygen atoms in total. The molecule has 0 aromatic heterocycles. The van der Waals surface area contributed by atoms with Gasteiger partial charge in [0.25, 0.3) is 0 Å². The Bertz CT molecular complexity index is 15.8. The Morgan fingerprint density at radius 3 is 1.56 bits per heavy atom. The van der Waals surface area contributed by atoms with Gasteiger partial charge in [-0.15, -0.1) is 0 Å². The molecule has 0 spiro atoms. The normalized spacial score (nSPS) is 6.00. The van der Waals surface area contributed by atoms with Crippen molar-refractivity contribution in [3.8, 4) is 0 Å². The minimum absolute atomic E-state index is 0.628. The van der Waals surface area contributed by atoms with E-state index >= 15 is 0 Å². The summed E-state index contributed by atoms with van der Waals surface area (Å²) in [7, 11) is 0. The molecule has 4 N–H and O–H groups in total. The fraction of sp³-hybridized carbons (Fsp3) is 1.00. The van der Waals surface area contributed by atoms with Gasteiger partial charge in [-0.2, -0.15) is 4.89 Å². The summed E-state index contributed by atoms with van der Waals surface area (Å²) in [5, 5.41) is 29.7. The Morgan fingerprint density at radius 2 is 1.56 bits per heavy atom. The molecule has 0 radical (unpaired) electrons. The van der Waals surface area contributed by atoms with Crippen molar-refractivity contribution < 1.29 is 30.8 Å². The van der Waals surface area contributed by atoms with E-state index in [0.717, 1.165) is 0 Å². The molecule has 9 heavy (non-hydrogen) atoms. The minimum Gasteiger partial charge on any atom is -0.368 e. The Morgan fingerprint density at radius 1 is 1.22 bits per heavy atom. The van der Waals surface area contributed by atoms with Crippen molar-refractivity contribution in [3.05, 3.63) is 0 Å². The van der Waals surface area contributed by atoms with E-state index in [2.05, 4.69) is 9.93 Å². The van der Waals surface area contributed by atoms with E-state index in [1.54, 1.807) is 0 Å². The molecule has 0 aliphatic heterocycles. The van der Waals surface area contributed by atoms with Gasteiger partial charge in [0, 0.05) is 0 Å². The number of hydrogen-bond donors (Lipinski definition) is 4. The van der Waals surface area contributed by atoms with Crippen LogP contribution in [0.5, 0.6) is 0 Å². The van der Waals surface area contributed by atoms with Gasteiger partial charge in [-0.05, 0) is 0 Å². The molecule has 0 aliphatic carbocycles. The van der Waals surface area contributed by atoms with Crippen LogP contribution in [0.25, 0.3) is 0 Å². The summed E-state index contributed by atoms with van der Waals surface area (Å²) < 4.78 is 0. The predicted octanol–water partition coefficient (Wildman–Crippen LogP) is 0.401. The molecule has 60 valence electrons. The van der Waals surface area contributed by atoms with Gasteiger partial charge in [0.2, 0.25) is 0 Å². The molecule has 0 saturated carbocycles. The van der Waals surface area contributed by atoms with E-state index in [1.165, 1.54) is 0 Å². The molecule has 0 aromatic rings. The quantitative estimate of drug-likeness (QED) is 0.254. The Balaban J connectivity index is -0.0000000771. The van der Waals surface area contributed by atoms with Gasteiger partial charge in [0.1, 0.15) is 0 Å². The van der Waals surface area contributed by atoms with Crippen LogP contribution in [0.4, 0.5) is 0 Å². The second-order valence-electron chi connectivity index (χ2n) is 0.321. The van der Waals surface area contributed by atoms with Gasteiger partial charge in [0.15, 0.2) is 6.79 Å². The summed E-state index contributed by atoms with van der Waals surface area (Å²) in [6, 6.07) is 0. The largest absolute Gasteiger partial charge is 0.368 e. The maximum Gasteiger partial charge on any atom is 0.181 e. The first-order valence-corrected chi connectivity index (χ1v) is 2.15. The Kier molecular flexibility index (Phi) is 82.2. The molecule has 0 atom stereocenters. The number of rotatable bonds is 2. The topological polar surface area (TPSA) is 99.4 Å². The van der Waals surface area contributed by atoms with Crippen LogP contribution in [0, 0.1) is 0 Å². The lowest BCUT2D eigenvalue weighted by Gasteiger charge is -1.82. The molecule has 0 rings (SSSR count). The van der Waals surface area contributed by atoms with Crippen molar-refractivity contribution in [2.45, 2.75) is 13.8 Å². The lowest BCUT2D eigenvalue weighted by molar-refractivity contribution is -0.505. The minimum atomic E-state index is -0.628. The van der Waals surface area contributed by atoms with Crippen molar-refractivity contribution in [1.82, 2.24) is 0 Å². The lowest BCUT2D eigenvalue weighted by atomic mass is 11.0. The molecule has 0 saturated heterocycles. The third kappa shape index (κ3) is 83.1. The summed E-state index contributed by atoms with van der Waals surface area (Å²) in [5.41, 5.74) is 0. The second kappa shape index (κ2) is 46.6. The number of aliphatic hydroxyl groups is 1. The van der Waals surface area contributed by atoms with Crippen molar-refractivity contribution >= 4 is 0 Å². The first kappa shape index (κ1) is 15.9. The van der Waals surface area contributed by atoms with Crippen molar-refractivity contribution in [1.29, 1.82) is 0 Å². The van der Waals surface area contributed by atoms with Gasteiger partial charge in [0.05, 0.1) is 0 Å². The van der Waals surface area contributed by atoms with Crippen molar-refractivity contribution in [3.63, 3.8) is 0 Å². The highest BCUT2D eigenvalue weighted by Gasteiger charge is 1.67. The summed E-state index contributed by atoms with van der Waals surface area (Å²) in [5.74, 6) is 0. The predicted molar refractivity (Wildman–Crippen MR) is 28.5 cm³/mol. The zero-order valence-electron chi connectivity index (χ0n) is 5.31. The summed E-state index contributed by atoms with van der Waals surface area (Å²) in [4.78, 5) is 3.44. The summed E-state index contributed by atoms with van der Waals surface area (Å²) >= 11 is 0. The molecule has 0 amide bonds.